The lowest BCUT2D eigenvalue weighted by Crippen LogP contribution is -2.45. The highest BCUT2D eigenvalue weighted by molar-refractivity contribution is 9.10. The Morgan fingerprint density at radius 1 is 0.966 bits per heavy atom. The van der Waals surface area contributed by atoms with Crippen LogP contribution in [0.15, 0.2) is 46.9 Å². The maximum absolute atomic E-state index is 11.8. The van der Waals surface area contributed by atoms with E-state index in [0.717, 1.165) is 4.47 Å². The van der Waals surface area contributed by atoms with Crippen LogP contribution < -0.4 is 20.3 Å². The van der Waals surface area contributed by atoms with Crippen LogP contribution in [-0.2, 0) is 14.3 Å². The molecule has 154 valence electrons. The van der Waals surface area contributed by atoms with E-state index in [2.05, 4.69) is 26.8 Å². The molecule has 0 aliphatic rings. The fourth-order valence-corrected chi connectivity index (χ4v) is 2.73. The molecule has 0 bridgehead atoms. The van der Waals surface area contributed by atoms with Gasteiger partial charge >= 0.3 is 5.97 Å². The number of ether oxygens (including phenoxy) is 3. The van der Waals surface area contributed by atoms with Crippen molar-refractivity contribution in [2.45, 2.75) is 6.92 Å². The smallest absolute Gasteiger partial charge is 0.338 e. The number of rotatable bonds is 8. The lowest BCUT2D eigenvalue weighted by atomic mass is 10.2. The highest BCUT2D eigenvalue weighted by Crippen LogP contribution is 2.27. The zero-order valence-electron chi connectivity index (χ0n) is 15.4. The van der Waals surface area contributed by atoms with Gasteiger partial charge in [-0.25, -0.2) is 4.79 Å². The molecule has 0 aromatic heterocycles. The van der Waals surface area contributed by atoms with Crippen LogP contribution in [0.5, 0.6) is 11.5 Å². The SMILES string of the molecule is CCOC(=O)c1ccc(OCC(=O)NNC(=O)COc2ccc(Br)cc2Cl)cc1. The number of hydrogen-bond acceptors (Lipinski definition) is 6. The van der Waals surface area contributed by atoms with Crippen LogP contribution in [-0.4, -0.2) is 37.6 Å². The maximum atomic E-state index is 11.8. The first-order chi connectivity index (χ1) is 13.9. The lowest BCUT2D eigenvalue weighted by Gasteiger charge is -2.10. The summed E-state index contributed by atoms with van der Waals surface area (Å²) in [5.74, 6) is -0.865. The summed E-state index contributed by atoms with van der Waals surface area (Å²) in [5, 5.41) is 0.346. The van der Waals surface area contributed by atoms with Crippen molar-refractivity contribution in [1.82, 2.24) is 10.9 Å². The fraction of sp³-hybridized carbons (Fsp3) is 0.211. The number of benzene rings is 2. The Labute approximate surface area is 180 Å². The first-order valence-electron chi connectivity index (χ1n) is 8.44. The summed E-state index contributed by atoms with van der Waals surface area (Å²) in [6, 6.07) is 11.1. The zero-order valence-corrected chi connectivity index (χ0v) is 17.7. The number of esters is 1. The molecular formula is C19H18BrClN2O6. The third-order valence-corrected chi connectivity index (χ3v) is 4.12. The number of carbonyl (C=O) groups excluding carboxylic acids is 3. The average molecular weight is 486 g/mol. The van der Waals surface area contributed by atoms with Gasteiger partial charge in [0.1, 0.15) is 11.5 Å². The van der Waals surface area contributed by atoms with Crippen molar-refractivity contribution in [3.8, 4) is 11.5 Å². The van der Waals surface area contributed by atoms with Gasteiger partial charge in [-0.05, 0) is 49.4 Å². The van der Waals surface area contributed by atoms with E-state index >= 15 is 0 Å². The second kappa shape index (κ2) is 11.3. The van der Waals surface area contributed by atoms with E-state index in [4.69, 9.17) is 25.8 Å². The second-order valence-electron chi connectivity index (χ2n) is 5.49. The first kappa shape index (κ1) is 22.5. The maximum Gasteiger partial charge on any atom is 0.338 e. The Morgan fingerprint density at radius 3 is 2.17 bits per heavy atom. The van der Waals surface area contributed by atoms with Gasteiger partial charge in [-0.15, -0.1) is 0 Å². The highest BCUT2D eigenvalue weighted by Gasteiger charge is 2.09. The molecule has 0 saturated heterocycles. The lowest BCUT2D eigenvalue weighted by molar-refractivity contribution is -0.131. The van der Waals surface area contributed by atoms with E-state index in [1.54, 1.807) is 25.1 Å². The molecule has 0 spiro atoms. The van der Waals surface area contributed by atoms with E-state index < -0.39 is 17.8 Å². The molecular weight excluding hydrogens is 468 g/mol. The quantitative estimate of drug-likeness (QED) is 0.440. The van der Waals surface area contributed by atoms with Gasteiger partial charge in [-0.3, -0.25) is 20.4 Å². The van der Waals surface area contributed by atoms with Crippen LogP contribution in [0.2, 0.25) is 5.02 Å². The predicted molar refractivity (Wildman–Crippen MR) is 109 cm³/mol. The van der Waals surface area contributed by atoms with Gasteiger partial charge in [0.05, 0.1) is 17.2 Å². The third kappa shape index (κ3) is 7.63. The molecule has 0 heterocycles. The van der Waals surface area contributed by atoms with E-state index in [9.17, 15) is 14.4 Å². The molecule has 0 radical (unpaired) electrons. The molecule has 2 aromatic carbocycles. The average Bonchev–Trinajstić information content (AvgIpc) is 2.70. The highest BCUT2D eigenvalue weighted by atomic mass is 79.9. The summed E-state index contributed by atoms with van der Waals surface area (Å²) < 4.78 is 16.2. The van der Waals surface area contributed by atoms with Crippen LogP contribution in [0.1, 0.15) is 17.3 Å². The molecule has 0 fully saturated rings. The molecule has 0 aliphatic carbocycles. The van der Waals surface area contributed by atoms with Crippen LogP contribution in [0.3, 0.4) is 0 Å². The largest absolute Gasteiger partial charge is 0.484 e. The van der Waals surface area contributed by atoms with Crippen molar-refractivity contribution in [2.75, 3.05) is 19.8 Å². The first-order valence-corrected chi connectivity index (χ1v) is 9.61. The van der Waals surface area contributed by atoms with E-state index in [1.165, 1.54) is 24.3 Å². The zero-order chi connectivity index (χ0) is 21.2. The molecule has 0 atom stereocenters. The normalized spacial score (nSPS) is 10.0. The fourth-order valence-electron chi connectivity index (χ4n) is 2.00. The van der Waals surface area contributed by atoms with Crippen molar-refractivity contribution in [2.24, 2.45) is 0 Å². The van der Waals surface area contributed by atoms with Gasteiger partial charge in [-0.1, -0.05) is 27.5 Å². The molecule has 0 aliphatic heterocycles. The molecule has 2 N–H and O–H groups in total. The van der Waals surface area contributed by atoms with Crippen molar-refractivity contribution in [3.63, 3.8) is 0 Å². The molecule has 2 rings (SSSR count). The van der Waals surface area contributed by atoms with E-state index in [0.29, 0.717) is 22.1 Å². The minimum atomic E-state index is -0.575. The number of hydrogen-bond donors (Lipinski definition) is 2. The van der Waals surface area contributed by atoms with E-state index in [1.807, 2.05) is 0 Å². The van der Waals surface area contributed by atoms with Gasteiger partial charge in [0.2, 0.25) is 0 Å². The number of hydrazine groups is 1. The number of amides is 2. The molecule has 2 amide bonds. The monoisotopic (exact) mass is 484 g/mol. The Morgan fingerprint density at radius 2 is 1.59 bits per heavy atom. The van der Waals surface area contributed by atoms with Crippen molar-refractivity contribution < 1.29 is 28.6 Å². The molecule has 0 unspecified atom stereocenters. The third-order valence-electron chi connectivity index (χ3n) is 3.33. The molecule has 8 nitrogen and oxygen atoms in total. The van der Waals surface area contributed by atoms with E-state index in [-0.39, 0.29) is 19.8 Å². The number of nitrogens with one attached hydrogen (secondary N) is 2. The van der Waals surface area contributed by atoms with Crippen molar-refractivity contribution in [3.05, 3.63) is 57.5 Å². The Bertz CT molecular complexity index is 876. The molecule has 10 heteroatoms. The van der Waals surface area contributed by atoms with Crippen LogP contribution >= 0.6 is 27.5 Å². The molecule has 0 saturated carbocycles. The van der Waals surface area contributed by atoms with Crippen molar-refractivity contribution >= 4 is 45.3 Å². The standard InChI is InChI=1S/C19H18BrClN2O6/c1-2-27-19(26)12-3-6-14(7-4-12)28-10-17(24)22-23-18(25)11-29-16-8-5-13(20)9-15(16)21/h3-9H,2,10-11H2,1H3,(H,22,24)(H,23,25). The van der Waals surface area contributed by atoms with Gasteiger partial charge in [0.15, 0.2) is 13.2 Å². The van der Waals surface area contributed by atoms with Gasteiger partial charge < -0.3 is 14.2 Å². The minimum absolute atomic E-state index is 0.282. The van der Waals surface area contributed by atoms with Crippen LogP contribution in [0, 0.1) is 0 Å². The summed E-state index contributed by atoms with van der Waals surface area (Å²) in [4.78, 5) is 35.1. The summed E-state index contributed by atoms with van der Waals surface area (Å²) in [6.45, 7) is 1.33. The summed E-state index contributed by atoms with van der Waals surface area (Å²) in [6.07, 6.45) is 0. The summed E-state index contributed by atoms with van der Waals surface area (Å²) >= 11 is 9.25. The Balaban J connectivity index is 1.69. The van der Waals surface area contributed by atoms with Crippen LogP contribution in [0.25, 0.3) is 0 Å². The second-order valence-corrected chi connectivity index (χ2v) is 6.82. The summed E-state index contributed by atoms with van der Waals surface area (Å²) in [5.41, 5.74) is 4.78. The van der Waals surface area contributed by atoms with Gasteiger partial charge in [0, 0.05) is 4.47 Å². The Hall–Kier alpha value is -2.78. The molecule has 2 aromatic rings. The van der Waals surface area contributed by atoms with Gasteiger partial charge in [-0.2, -0.15) is 0 Å². The summed E-state index contributed by atoms with van der Waals surface area (Å²) in [7, 11) is 0. The Kier molecular flexibility index (Phi) is 8.75. The minimum Gasteiger partial charge on any atom is -0.484 e. The number of carbonyl (C=O) groups is 3. The molecule has 29 heavy (non-hydrogen) atoms. The predicted octanol–water partition coefficient (Wildman–Crippen LogP) is 2.88. The van der Waals surface area contributed by atoms with Crippen LogP contribution in [0.4, 0.5) is 0 Å². The van der Waals surface area contributed by atoms with Gasteiger partial charge in [0.25, 0.3) is 11.8 Å². The topological polar surface area (TPSA) is 103 Å². The number of halogens is 2. The van der Waals surface area contributed by atoms with Crippen molar-refractivity contribution in [1.29, 1.82) is 0 Å².